The first-order chi connectivity index (χ1) is 11.0. The minimum Gasteiger partial charge on any atom is -0.352 e. The molecule has 0 saturated carbocycles. The maximum Gasteiger partial charge on any atom is 0.244 e. The van der Waals surface area contributed by atoms with E-state index in [4.69, 9.17) is 23.2 Å². The molecule has 24 heavy (non-hydrogen) atoms. The lowest BCUT2D eigenvalue weighted by Crippen LogP contribution is -2.52. The van der Waals surface area contributed by atoms with Crippen LogP contribution in [0.2, 0.25) is 10.0 Å². The number of halogens is 2. The molecule has 0 aliphatic heterocycles. The quantitative estimate of drug-likeness (QED) is 0.766. The summed E-state index contributed by atoms with van der Waals surface area (Å²) >= 11 is 12.1. The summed E-state index contributed by atoms with van der Waals surface area (Å²) in [6.07, 6.45) is 1.35. The van der Waals surface area contributed by atoms with Gasteiger partial charge in [-0.25, -0.2) is 8.42 Å². The second-order valence-corrected chi connectivity index (χ2v) is 8.82. The summed E-state index contributed by atoms with van der Waals surface area (Å²) < 4.78 is 25.8. The maximum atomic E-state index is 12.7. The van der Waals surface area contributed by atoms with Gasteiger partial charge in [0.05, 0.1) is 17.0 Å². The highest BCUT2D eigenvalue weighted by molar-refractivity contribution is 7.92. The van der Waals surface area contributed by atoms with Gasteiger partial charge in [0.1, 0.15) is 6.04 Å². The summed E-state index contributed by atoms with van der Waals surface area (Å²) in [6.45, 7) is 7.59. The highest BCUT2D eigenvalue weighted by Gasteiger charge is 2.33. The first-order valence-corrected chi connectivity index (χ1v) is 10.3. The van der Waals surface area contributed by atoms with Crippen molar-refractivity contribution in [3.63, 3.8) is 0 Å². The Morgan fingerprint density at radius 3 is 2.29 bits per heavy atom. The normalized spacial score (nSPS) is 14.3. The van der Waals surface area contributed by atoms with Crippen molar-refractivity contribution in [2.24, 2.45) is 5.92 Å². The number of hydrogen-bond donors (Lipinski definition) is 1. The molecule has 2 atom stereocenters. The van der Waals surface area contributed by atoms with Crippen LogP contribution in [0.25, 0.3) is 0 Å². The third-order valence-corrected chi connectivity index (χ3v) is 5.57. The Hall–Kier alpha value is -0.980. The summed E-state index contributed by atoms with van der Waals surface area (Å²) in [5.41, 5.74) is 0.200. The van der Waals surface area contributed by atoms with E-state index in [1.54, 1.807) is 13.0 Å². The second-order valence-electron chi connectivity index (χ2n) is 6.12. The zero-order valence-electron chi connectivity index (χ0n) is 14.5. The Kier molecular flexibility index (Phi) is 7.38. The largest absolute Gasteiger partial charge is 0.352 e. The van der Waals surface area contributed by atoms with E-state index in [-0.39, 0.29) is 28.6 Å². The van der Waals surface area contributed by atoms with Crippen LogP contribution in [0, 0.1) is 5.92 Å². The van der Waals surface area contributed by atoms with E-state index in [9.17, 15) is 13.2 Å². The van der Waals surface area contributed by atoms with Gasteiger partial charge in [-0.3, -0.25) is 9.10 Å². The van der Waals surface area contributed by atoms with Gasteiger partial charge in [0, 0.05) is 11.1 Å². The molecule has 0 fully saturated rings. The molecule has 5 nitrogen and oxygen atoms in total. The minimum atomic E-state index is -3.74. The molecule has 0 bridgehead atoms. The molecule has 1 N–H and O–H groups in total. The lowest BCUT2D eigenvalue weighted by atomic mass is 10.1. The fourth-order valence-electron chi connectivity index (χ4n) is 2.18. The Labute approximate surface area is 154 Å². The zero-order chi connectivity index (χ0) is 18.7. The standard InChI is InChI=1S/C16H24Cl2N2O3S/c1-6-14(16(21)19-11(4)10(2)3)20(24(5,22)23)15-9-12(17)7-8-13(15)18/h7-11,14H,6H2,1-5H3,(H,19,21)/t11-,14-/m1/s1. The number of benzene rings is 1. The Bertz CT molecular complexity index is 693. The van der Waals surface area contributed by atoms with Crippen molar-refractivity contribution in [3.05, 3.63) is 28.2 Å². The van der Waals surface area contributed by atoms with Crippen molar-refractivity contribution in [2.75, 3.05) is 10.6 Å². The molecule has 0 aliphatic carbocycles. The number of sulfonamides is 1. The van der Waals surface area contributed by atoms with Crippen LogP contribution in [0.5, 0.6) is 0 Å². The van der Waals surface area contributed by atoms with Crippen LogP contribution in [0.15, 0.2) is 18.2 Å². The fourth-order valence-corrected chi connectivity index (χ4v) is 3.82. The monoisotopic (exact) mass is 394 g/mol. The number of nitrogens with zero attached hydrogens (tertiary/aromatic N) is 1. The second kappa shape index (κ2) is 8.41. The number of amides is 1. The summed E-state index contributed by atoms with van der Waals surface area (Å²) in [4.78, 5) is 12.7. The smallest absolute Gasteiger partial charge is 0.244 e. The van der Waals surface area contributed by atoms with Crippen molar-refractivity contribution >= 4 is 44.8 Å². The molecule has 0 heterocycles. The van der Waals surface area contributed by atoms with Crippen molar-refractivity contribution in [1.29, 1.82) is 0 Å². The average molecular weight is 395 g/mol. The number of rotatable bonds is 7. The van der Waals surface area contributed by atoms with Crippen LogP contribution in [0.3, 0.4) is 0 Å². The van der Waals surface area contributed by atoms with Crippen molar-refractivity contribution in [3.8, 4) is 0 Å². The van der Waals surface area contributed by atoms with E-state index >= 15 is 0 Å². The van der Waals surface area contributed by atoms with Crippen LogP contribution in [0.1, 0.15) is 34.1 Å². The lowest BCUT2D eigenvalue weighted by molar-refractivity contribution is -0.123. The van der Waals surface area contributed by atoms with Gasteiger partial charge >= 0.3 is 0 Å². The predicted molar refractivity (Wildman–Crippen MR) is 100 cm³/mol. The number of anilines is 1. The van der Waals surface area contributed by atoms with E-state index in [2.05, 4.69) is 5.32 Å². The number of carbonyl (C=O) groups is 1. The molecule has 0 aliphatic rings. The van der Waals surface area contributed by atoms with Gasteiger partial charge in [0.2, 0.25) is 15.9 Å². The van der Waals surface area contributed by atoms with E-state index < -0.39 is 16.1 Å². The van der Waals surface area contributed by atoms with Crippen molar-refractivity contribution in [1.82, 2.24) is 5.32 Å². The van der Waals surface area contributed by atoms with Crippen LogP contribution < -0.4 is 9.62 Å². The van der Waals surface area contributed by atoms with E-state index in [1.807, 2.05) is 20.8 Å². The molecular formula is C16H24Cl2N2O3S. The van der Waals surface area contributed by atoms with E-state index in [1.165, 1.54) is 12.1 Å². The molecule has 0 spiro atoms. The first kappa shape index (κ1) is 21.1. The van der Waals surface area contributed by atoms with Gasteiger partial charge in [-0.2, -0.15) is 0 Å². The van der Waals surface area contributed by atoms with Crippen LogP contribution >= 0.6 is 23.2 Å². The van der Waals surface area contributed by atoms with Crippen molar-refractivity contribution < 1.29 is 13.2 Å². The summed E-state index contributed by atoms with van der Waals surface area (Å²) in [6, 6.07) is 3.54. The molecule has 1 aromatic rings. The predicted octanol–water partition coefficient (Wildman–Crippen LogP) is 3.70. The molecule has 0 aromatic heterocycles. The van der Waals surface area contributed by atoms with Gasteiger partial charge in [-0.1, -0.05) is 44.0 Å². The molecule has 1 aromatic carbocycles. The van der Waals surface area contributed by atoms with Gasteiger partial charge < -0.3 is 5.32 Å². The fraction of sp³-hybridized carbons (Fsp3) is 0.562. The average Bonchev–Trinajstić information content (AvgIpc) is 2.45. The molecular weight excluding hydrogens is 371 g/mol. The molecule has 1 amide bonds. The Balaban J connectivity index is 3.33. The van der Waals surface area contributed by atoms with Gasteiger partial charge in [-0.15, -0.1) is 0 Å². The zero-order valence-corrected chi connectivity index (χ0v) is 16.8. The lowest BCUT2D eigenvalue weighted by Gasteiger charge is -2.32. The summed E-state index contributed by atoms with van der Waals surface area (Å²) in [5.74, 6) is -0.131. The van der Waals surface area contributed by atoms with Gasteiger partial charge in [-0.05, 0) is 37.5 Å². The van der Waals surface area contributed by atoms with Gasteiger partial charge in [0.25, 0.3) is 0 Å². The number of carbonyl (C=O) groups excluding carboxylic acids is 1. The van der Waals surface area contributed by atoms with Crippen LogP contribution in [-0.2, 0) is 14.8 Å². The minimum absolute atomic E-state index is 0.0807. The molecule has 0 unspecified atom stereocenters. The van der Waals surface area contributed by atoms with Gasteiger partial charge in [0.15, 0.2) is 0 Å². The highest BCUT2D eigenvalue weighted by atomic mass is 35.5. The molecule has 136 valence electrons. The molecule has 1 rings (SSSR count). The van der Waals surface area contributed by atoms with Crippen molar-refractivity contribution in [2.45, 2.75) is 46.2 Å². The van der Waals surface area contributed by atoms with Crippen LogP contribution in [0.4, 0.5) is 5.69 Å². The number of nitrogens with one attached hydrogen (secondary N) is 1. The third kappa shape index (κ3) is 5.26. The summed E-state index contributed by atoms with van der Waals surface area (Å²) in [5, 5.41) is 3.42. The number of hydrogen-bond acceptors (Lipinski definition) is 3. The van der Waals surface area contributed by atoms with Crippen LogP contribution in [-0.4, -0.2) is 32.7 Å². The molecule has 8 heteroatoms. The van der Waals surface area contributed by atoms with E-state index in [0.29, 0.717) is 11.4 Å². The topological polar surface area (TPSA) is 66.5 Å². The molecule has 0 saturated heterocycles. The highest BCUT2D eigenvalue weighted by Crippen LogP contribution is 2.33. The SMILES string of the molecule is CC[C@H](C(=O)N[C@H](C)C(C)C)N(c1cc(Cl)ccc1Cl)S(C)(=O)=O. The maximum absolute atomic E-state index is 12.7. The Morgan fingerprint density at radius 2 is 1.83 bits per heavy atom. The Morgan fingerprint density at radius 1 is 1.25 bits per heavy atom. The van der Waals surface area contributed by atoms with E-state index in [0.717, 1.165) is 10.6 Å². The summed E-state index contributed by atoms with van der Waals surface area (Å²) in [7, 11) is -3.74. The molecule has 0 radical (unpaired) electrons. The third-order valence-electron chi connectivity index (χ3n) is 3.85. The first-order valence-electron chi connectivity index (χ1n) is 7.73.